The Bertz CT molecular complexity index is 1310. The Balaban J connectivity index is 1.82. The number of oxime groups is 1. The number of carbonyl (C=O) groups excluding carboxylic acids is 1. The second kappa shape index (κ2) is 7.26. The highest BCUT2D eigenvalue weighted by molar-refractivity contribution is 6.29. The first kappa shape index (κ1) is 18.3. The lowest BCUT2D eigenvalue weighted by Crippen LogP contribution is -2.24. The molecule has 0 fully saturated rings. The van der Waals surface area contributed by atoms with Gasteiger partial charge in [0.2, 0.25) is 5.78 Å². The van der Waals surface area contributed by atoms with Crippen molar-refractivity contribution in [3.05, 3.63) is 89.2 Å². The van der Waals surface area contributed by atoms with Crippen molar-refractivity contribution in [2.75, 3.05) is 0 Å². The van der Waals surface area contributed by atoms with Gasteiger partial charge in [-0.05, 0) is 17.2 Å². The summed E-state index contributed by atoms with van der Waals surface area (Å²) in [5, 5.41) is 15.6. The molecule has 0 amide bonds. The van der Waals surface area contributed by atoms with E-state index in [1.54, 1.807) is 12.1 Å². The van der Waals surface area contributed by atoms with Crippen LogP contribution in [0.5, 0.6) is 0 Å². The van der Waals surface area contributed by atoms with Crippen molar-refractivity contribution in [2.24, 2.45) is 5.16 Å². The third-order valence-electron chi connectivity index (χ3n) is 5.70. The zero-order chi connectivity index (χ0) is 20.7. The fraction of sp³-hybridized carbons (Fsp3) is 0.160. The normalized spacial score (nSPS) is 14.2. The fourth-order valence-corrected chi connectivity index (χ4v) is 4.25. The lowest BCUT2D eigenvalue weighted by molar-refractivity contribution is 0.102. The van der Waals surface area contributed by atoms with Crippen LogP contribution in [0.3, 0.4) is 0 Å². The van der Waals surface area contributed by atoms with Crippen molar-refractivity contribution in [1.82, 2.24) is 9.55 Å². The second-order valence-corrected chi connectivity index (χ2v) is 7.49. The van der Waals surface area contributed by atoms with Crippen LogP contribution in [0.4, 0.5) is 0 Å². The predicted molar refractivity (Wildman–Crippen MR) is 117 cm³/mol. The van der Waals surface area contributed by atoms with E-state index in [9.17, 15) is 10.0 Å². The topological polar surface area (TPSA) is 67.5 Å². The van der Waals surface area contributed by atoms with Crippen LogP contribution >= 0.6 is 0 Å². The third-order valence-corrected chi connectivity index (χ3v) is 5.70. The summed E-state index contributed by atoms with van der Waals surface area (Å²) < 4.78 is 2.00. The molecule has 4 aromatic rings. The summed E-state index contributed by atoms with van der Waals surface area (Å²) >= 11 is 0. The third kappa shape index (κ3) is 2.66. The highest BCUT2D eigenvalue weighted by Crippen LogP contribution is 2.34. The maximum atomic E-state index is 13.5. The van der Waals surface area contributed by atoms with Gasteiger partial charge in [-0.3, -0.25) is 4.79 Å². The summed E-state index contributed by atoms with van der Waals surface area (Å²) in [6.07, 6.45) is 1.91. The molecular formula is C25H21N3O2. The summed E-state index contributed by atoms with van der Waals surface area (Å²) in [6.45, 7) is 2.79. The van der Waals surface area contributed by atoms with Gasteiger partial charge in [0.15, 0.2) is 0 Å². The summed E-state index contributed by atoms with van der Waals surface area (Å²) in [5.74, 6) is 0.649. The smallest absolute Gasteiger partial charge is 0.212 e. The van der Waals surface area contributed by atoms with Gasteiger partial charge in [-0.1, -0.05) is 85.2 Å². The Kier molecular flexibility index (Phi) is 4.43. The average molecular weight is 395 g/mol. The van der Waals surface area contributed by atoms with Gasteiger partial charge in [0.1, 0.15) is 22.9 Å². The Hall–Kier alpha value is -3.73. The molecule has 0 atom stereocenters. The van der Waals surface area contributed by atoms with Crippen molar-refractivity contribution in [3.8, 4) is 11.4 Å². The molecule has 148 valence electrons. The van der Waals surface area contributed by atoms with E-state index in [1.807, 2.05) is 41.0 Å². The first-order chi connectivity index (χ1) is 14.7. The molecule has 0 unspecified atom stereocenters. The molecule has 3 aromatic carbocycles. The van der Waals surface area contributed by atoms with Crippen molar-refractivity contribution in [3.63, 3.8) is 0 Å². The minimum absolute atomic E-state index is 0.0805. The molecule has 5 nitrogen and oxygen atoms in total. The Morgan fingerprint density at radius 1 is 0.933 bits per heavy atom. The van der Waals surface area contributed by atoms with E-state index in [0.717, 1.165) is 35.0 Å². The van der Waals surface area contributed by atoms with Gasteiger partial charge in [0.05, 0.1) is 0 Å². The molecule has 0 aliphatic heterocycles. The lowest BCUT2D eigenvalue weighted by atomic mass is 9.89. The lowest BCUT2D eigenvalue weighted by Gasteiger charge is -2.18. The Morgan fingerprint density at radius 3 is 2.43 bits per heavy atom. The van der Waals surface area contributed by atoms with E-state index in [0.29, 0.717) is 34.8 Å². The number of carbonyl (C=O) groups is 1. The molecule has 0 bridgehead atoms. The molecule has 1 heterocycles. The molecule has 1 N–H and O–H groups in total. The van der Waals surface area contributed by atoms with Gasteiger partial charge in [-0.2, -0.15) is 0 Å². The van der Waals surface area contributed by atoms with E-state index in [2.05, 4.69) is 30.3 Å². The number of rotatable bonds is 4. The molecule has 5 rings (SSSR count). The number of hydrogen-bond donors (Lipinski definition) is 1. The molecule has 5 heteroatoms. The van der Waals surface area contributed by atoms with Gasteiger partial charge < -0.3 is 9.77 Å². The number of aromatic nitrogens is 2. The van der Waals surface area contributed by atoms with Gasteiger partial charge in [-0.15, -0.1) is 0 Å². The minimum Gasteiger partial charge on any atom is -0.410 e. The van der Waals surface area contributed by atoms with Crippen molar-refractivity contribution < 1.29 is 10.0 Å². The number of hydrogen-bond acceptors (Lipinski definition) is 4. The van der Waals surface area contributed by atoms with Crippen LogP contribution in [0.2, 0.25) is 0 Å². The van der Waals surface area contributed by atoms with Gasteiger partial charge in [-0.25, -0.2) is 4.98 Å². The number of unbranched alkanes of at least 4 members (excludes halogenated alkanes) is 1. The largest absolute Gasteiger partial charge is 0.410 e. The van der Waals surface area contributed by atoms with Crippen LogP contribution in [0.25, 0.3) is 22.2 Å². The molecule has 1 aromatic heterocycles. The van der Waals surface area contributed by atoms with Crippen molar-refractivity contribution in [2.45, 2.75) is 26.3 Å². The minimum atomic E-state index is -0.0805. The van der Waals surface area contributed by atoms with E-state index in [4.69, 9.17) is 4.98 Å². The standard InChI is InChI=1S/C25H21N3O2/c1-2-3-15-28-23-22(21(27-30)18-12-6-7-13-19(18)24(23)29)26-25(28)20-14-8-10-16-9-4-5-11-17(16)20/h4-14,30H,2-3,15H2,1H3/b27-21+. The van der Waals surface area contributed by atoms with Crippen LogP contribution in [-0.4, -0.2) is 26.3 Å². The van der Waals surface area contributed by atoms with Crippen LogP contribution in [0.1, 0.15) is 47.1 Å². The van der Waals surface area contributed by atoms with E-state index < -0.39 is 0 Å². The summed E-state index contributed by atoms with van der Waals surface area (Å²) in [5.41, 5.74) is 3.41. The van der Waals surface area contributed by atoms with E-state index in [1.165, 1.54) is 0 Å². The zero-order valence-electron chi connectivity index (χ0n) is 16.7. The number of imidazole rings is 1. The molecule has 30 heavy (non-hydrogen) atoms. The monoisotopic (exact) mass is 395 g/mol. The van der Waals surface area contributed by atoms with Crippen LogP contribution < -0.4 is 0 Å². The summed E-state index contributed by atoms with van der Waals surface area (Å²) in [4.78, 5) is 18.3. The molecule has 0 spiro atoms. The maximum Gasteiger partial charge on any atom is 0.212 e. The fourth-order valence-electron chi connectivity index (χ4n) is 4.25. The molecule has 0 saturated carbocycles. The maximum absolute atomic E-state index is 13.5. The molecule has 1 aliphatic rings. The first-order valence-corrected chi connectivity index (χ1v) is 10.2. The quantitative estimate of drug-likeness (QED) is 0.333. The van der Waals surface area contributed by atoms with Crippen LogP contribution in [-0.2, 0) is 6.54 Å². The van der Waals surface area contributed by atoms with Gasteiger partial charge in [0, 0.05) is 23.2 Å². The van der Waals surface area contributed by atoms with E-state index in [-0.39, 0.29) is 5.78 Å². The second-order valence-electron chi connectivity index (χ2n) is 7.49. The highest BCUT2D eigenvalue weighted by Gasteiger charge is 2.35. The summed E-state index contributed by atoms with van der Waals surface area (Å²) in [6, 6.07) is 21.5. The van der Waals surface area contributed by atoms with Crippen LogP contribution in [0, 0.1) is 0 Å². The number of nitrogens with zero attached hydrogens (tertiary/aromatic N) is 3. The predicted octanol–water partition coefficient (Wildman–Crippen LogP) is 5.27. The highest BCUT2D eigenvalue weighted by atomic mass is 16.4. The van der Waals surface area contributed by atoms with Gasteiger partial charge in [0.25, 0.3) is 0 Å². The van der Waals surface area contributed by atoms with Crippen LogP contribution in [0.15, 0.2) is 71.9 Å². The number of fused-ring (bicyclic) bond motifs is 3. The molecule has 1 aliphatic carbocycles. The number of ketones is 1. The van der Waals surface area contributed by atoms with Crippen molar-refractivity contribution in [1.29, 1.82) is 0 Å². The Morgan fingerprint density at radius 2 is 1.63 bits per heavy atom. The van der Waals surface area contributed by atoms with E-state index >= 15 is 0 Å². The first-order valence-electron chi connectivity index (χ1n) is 10.2. The number of benzene rings is 3. The molecular weight excluding hydrogens is 374 g/mol. The molecule has 0 saturated heterocycles. The van der Waals surface area contributed by atoms with Crippen molar-refractivity contribution >= 4 is 22.3 Å². The van der Waals surface area contributed by atoms with Gasteiger partial charge >= 0.3 is 0 Å². The molecule has 0 radical (unpaired) electrons. The Labute approximate surface area is 174 Å². The SMILES string of the molecule is CCCCn1c(-c2cccc3ccccc23)nc2c1C(=O)c1ccccc1/C2=N\O. The summed E-state index contributed by atoms with van der Waals surface area (Å²) in [7, 11) is 0. The average Bonchev–Trinajstić information content (AvgIpc) is 3.17. The zero-order valence-corrected chi connectivity index (χ0v) is 16.7.